The Labute approximate surface area is 89.7 Å². The topological polar surface area (TPSA) is 20.2 Å². The molecule has 1 aliphatic carbocycles. The van der Waals surface area contributed by atoms with Crippen molar-refractivity contribution in [2.75, 3.05) is 6.61 Å². The van der Waals surface area contributed by atoms with Crippen LogP contribution >= 0.6 is 11.6 Å². The number of aliphatic hydroxyl groups is 1. The van der Waals surface area contributed by atoms with Crippen LogP contribution in [-0.2, 0) is 12.8 Å². The highest BCUT2D eigenvalue weighted by Gasteiger charge is 2.25. The Morgan fingerprint density at radius 2 is 2.14 bits per heavy atom. The molecule has 0 saturated carbocycles. The molecule has 0 spiro atoms. The molecule has 0 radical (unpaired) electrons. The maximum Gasteiger partial charge on any atom is 0.0459 e. The number of benzene rings is 1. The molecule has 2 unspecified atom stereocenters. The van der Waals surface area contributed by atoms with Crippen molar-refractivity contribution in [1.82, 2.24) is 0 Å². The van der Waals surface area contributed by atoms with Crippen LogP contribution in [-0.4, -0.2) is 11.7 Å². The van der Waals surface area contributed by atoms with Gasteiger partial charge in [-0.1, -0.05) is 24.6 Å². The van der Waals surface area contributed by atoms with Gasteiger partial charge in [0.1, 0.15) is 0 Å². The van der Waals surface area contributed by atoms with Crippen LogP contribution in [0.25, 0.3) is 0 Å². The lowest BCUT2D eigenvalue weighted by molar-refractivity contribution is 0.192. The predicted molar refractivity (Wildman–Crippen MR) is 58.6 cm³/mol. The van der Waals surface area contributed by atoms with Crippen LogP contribution in [0.2, 0.25) is 5.02 Å². The average Bonchev–Trinajstić information content (AvgIpc) is 2.59. The first-order chi connectivity index (χ1) is 6.70. The van der Waals surface area contributed by atoms with E-state index in [2.05, 4.69) is 19.1 Å². The van der Waals surface area contributed by atoms with Gasteiger partial charge in [-0.15, -0.1) is 0 Å². The van der Waals surface area contributed by atoms with Crippen molar-refractivity contribution >= 4 is 11.6 Å². The lowest BCUT2D eigenvalue weighted by Gasteiger charge is -2.15. The molecule has 1 aromatic carbocycles. The van der Waals surface area contributed by atoms with Crippen molar-refractivity contribution in [3.05, 3.63) is 34.3 Å². The predicted octanol–water partition coefficient (Wildman–Crippen LogP) is 2.68. The monoisotopic (exact) mass is 210 g/mol. The van der Waals surface area contributed by atoms with Crippen molar-refractivity contribution in [3.8, 4) is 0 Å². The highest BCUT2D eigenvalue weighted by molar-refractivity contribution is 6.30. The first-order valence-corrected chi connectivity index (χ1v) is 5.46. The summed E-state index contributed by atoms with van der Waals surface area (Å²) in [6.45, 7) is 2.39. The Bertz CT molecular complexity index is 335. The van der Waals surface area contributed by atoms with Gasteiger partial charge in [-0.25, -0.2) is 0 Å². The van der Waals surface area contributed by atoms with Gasteiger partial charge < -0.3 is 5.11 Å². The SMILES string of the molecule is CC(CO)C1Cc2ccc(Cl)cc2C1. The Hall–Kier alpha value is -0.530. The average molecular weight is 211 g/mol. The fraction of sp³-hybridized carbons (Fsp3) is 0.500. The normalized spacial score (nSPS) is 22.1. The number of rotatable bonds is 2. The molecule has 1 aromatic rings. The minimum atomic E-state index is 0.284. The zero-order valence-electron chi connectivity index (χ0n) is 8.33. The zero-order valence-corrected chi connectivity index (χ0v) is 9.09. The van der Waals surface area contributed by atoms with Gasteiger partial charge in [0.05, 0.1) is 0 Å². The second-order valence-electron chi connectivity index (χ2n) is 4.24. The molecule has 76 valence electrons. The van der Waals surface area contributed by atoms with E-state index in [1.165, 1.54) is 11.1 Å². The third-order valence-corrected chi connectivity index (χ3v) is 3.46. The van der Waals surface area contributed by atoms with Crippen LogP contribution in [0.4, 0.5) is 0 Å². The highest BCUT2D eigenvalue weighted by Crippen LogP contribution is 2.32. The van der Waals surface area contributed by atoms with Gasteiger partial charge in [-0.2, -0.15) is 0 Å². The minimum Gasteiger partial charge on any atom is -0.396 e. The molecule has 2 rings (SSSR count). The molecule has 0 aromatic heterocycles. The van der Waals surface area contributed by atoms with Gasteiger partial charge in [0, 0.05) is 11.6 Å². The van der Waals surface area contributed by atoms with E-state index in [1.807, 2.05) is 6.07 Å². The smallest absolute Gasteiger partial charge is 0.0459 e. The summed E-state index contributed by atoms with van der Waals surface area (Å²) in [5.74, 6) is 0.981. The van der Waals surface area contributed by atoms with Gasteiger partial charge >= 0.3 is 0 Å². The molecule has 0 aliphatic heterocycles. The minimum absolute atomic E-state index is 0.284. The molecule has 2 heteroatoms. The van der Waals surface area contributed by atoms with Crippen molar-refractivity contribution in [3.63, 3.8) is 0 Å². The van der Waals surface area contributed by atoms with Crippen LogP contribution in [0, 0.1) is 11.8 Å². The molecule has 0 amide bonds. The van der Waals surface area contributed by atoms with E-state index >= 15 is 0 Å². The third kappa shape index (κ3) is 1.79. The molecule has 0 fully saturated rings. The number of aliphatic hydroxyl groups excluding tert-OH is 1. The number of fused-ring (bicyclic) bond motifs is 1. The summed E-state index contributed by atoms with van der Waals surface area (Å²) in [7, 11) is 0. The Morgan fingerprint density at radius 3 is 2.86 bits per heavy atom. The van der Waals surface area contributed by atoms with Crippen molar-refractivity contribution in [2.24, 2.45) is 11.8 Å². The fourth-order valence-electron chi connectivity index (χ4n) is 2.17. The molecule has 2 atom stereocenters. The lowest BCUT2D eigenvalue weighted by Crippen LogP contribution is -2.15. The van der Waals surface area contributed by atoms with Gasteiger partial charge in [-0.3, -0.25) is 0 Å². The number of hydrogen-bond acceptors (Lipinski definition) is 1. The second kappa shape index (κ2) is 3.92. The van der Waals surface area contributed by atoms with Crippen LogP contribution in [0.5, 0.6) is 0 Å². The van der Waals surface area contributed by atoms with E-state index in [0.717, 1.165) is 17.9 Å². The standard InChI is InChI=1S/C12H15ClO/c1-8(7-14)10-4-9-2-3-12(13)6-11(9)5-10/h2-3,6,8,10,14H,4-5,7H2,1H3. The van der Waals surface area contributed by atoms with E-state index in [-0.39, 0.29) is 6.61 Å². The second-order valence-corrected chi connectivity index (χ2v) is 4.68. The molecule has 0 heterocycles. The van der Waals surface area contributed by atoms with Crippen molar-refractivity contribution in [1.29, 1.82) is 0 Å². The third-order valence-electron chi connectivity index (χ3n) is 3.23. The zero-order chi connectivity index (χ0) is 10.1. The molecule has 0 bridgehead atoms. The summed E-state index contributed by atoms with van der Waals surface area (Å²) in [6.07, 6.45) is 2.16. The molecular formula is C12H15ClO. The quantitative estimate of drug-likeness (QED) is 0.796. The van der Waals surface area contributed by atoms with Crippen molar-refractivity contribution in [2.45, 2.75) is 19.8 Å². The Kier molecular flexibility index (Phi) is 2.80. The van der Waals surface area contributed by atoms with Crippen LogP contribution in [0.1, 0.15) is 18.1 Å². The van der Waals surface area contributed by atoms with Crippen LogP contribution in [0.15, 0.2) is 18.2 Å². The van der Waals surface area contributed by atoms with Crippen LogP contribution < -0.4 is 0 Å². The number of halogens is 1. The van der Waals surface area contributed by atoms with Crippen LogP contribution in [0.3, 0.4) is 0 Å². The Morgan fingerprint density at radius 1 is 1.43 bits per heavy atom. The van der Waals surface area contributed by atoms with E-state index in [9.17, 15) is 0 Å². The number of hydrogen-bond donors (Lipinski definition) is 1. The van der Waals surface area contributed by atoms with E-state index in [4.69, 9.17) is 16.7 Å². The highest BCUT2D eigenvalue weighted by atomic mass is 35.5. The fourth-order valence-corrected chi connectivity index (χ4v) is 2.37. The van der Waals surface area contributed by atoms with E-state index in [0.29, 0.717) is 11.8 Å². The molecule has 1 N–H and O–H groups in total. The first kappa shape index (κ1) is 10.0. The molecular weight excluding hydrogens is 196 g/mol. The Balaban J connectivity index is 2.17. The first-order valence-electron chi connectivity index (χ1n) is 5.09. The summed E-state index contributed by atoms with van der Waals surface area (Å²) in [5.41, 5.74) is 2.77. The van der Waals surface area contributed by atoms with Gasteiger partial charge in [0.15, 0.2) is 0 Å². The summed E-state index contributed by atoms with van der Waals surface area (Å²) in [5, 5.41) is 9.92. The maximum absolute atomic E-state index is 9.10. The molecule has 1 nitrogen and oxygen atoms in total. The molecule has 1 aliphatic rings. The largest absolute Gasteiger partial charge is 0.396 e. The van der Waals surface area contributed by atoms with Crippen molar-refractivity contribution < 1.29 is 5.11 Å². The summed E-state index contributed by atoms with van der Waals surface area (Å²) < 4.78 is 0. The summed E-state index contributed by atoms with van der Waals surface area (Å²) in [6, 6.07) is 6.12. The summed E-state index contributed by atoms with van der Waals surface area (Å²) >= 11 is 5.94. The lowest BCUT2D eigenvalue weighted by atomic mass is 9.92. The van der Waals surface area contributed by atoms with Gasteiger partial charge in [0.2, 0.25) is 0 Å². The van der Waals surface area contributed by atoms with Gasteiger partial charge in [-0.05, 0) is 47.9 Å². The van der Waals surface area contributed by atoms with E-state index < -0.39 is 0 Å². The maximum atomic E-state index is 9.10. The molecule has 0 saturated heterocycles. The van der Waals surface area contributed by atoms with E-state index in [1.54, 1.807) is 0 Å². The van der Waals surface area contributed by atoms with Gasteiger partial charge in [0.25, 0.3) is 0 Å². The molecule has 14 heavy (non-hydrogen) atoms. The summed E-state index contributed by atoms with van der Waals surface area (Å²) in [4.78, 5) is 0.